The third-order valence-electron chi connectivity index (χ3n) is 3.28. The standard InChI is InChI=1S/C16H13BrClN3O2S/c1-21(13-5-4-10(17)7-12(13)18)16(22)19-8-11-9-23-15(20-11)14-3-2-6-24-14/h2-7,9H,8H2,1H3,(H,19,22). The predicted octanol–water partition coefficient (Wildman–Crippen LogP) is 5.17. The largest absolute Gasteiger partial charge is 0.443 e. The lowest BCUT2D eigenvalue weighted by atomic mass is 10.3. The summed E-state index contributed by atoms with van der Waals surface area (Å²) in [5.41, 5.74) is 1.28. The second-order valence-electron chi connectivity index (χ2n) is 4.93. The first kappa shape index (κ1) is 17.0. The number of halogens is 2. The Hall–Kier alpha value is -1.83. The van der Waals surface area contributed by atoms with Gasteiger partial charge in [-0.2, -0.15) is 0 Å². The van der Waals surface area contributed by atoms with E-state index < -0.39 is 0 Å². The Labute approximate surface area is 156 Å². The lowest BCUT2D eigenvalue weighted by Gasteiger charge is -2.19. The van der Waals surface area contributed by atoms with Crippen LogP contribution < -0.4 is 10.2 Å². The fraction of sp³-hybridized carbons (Fsp3) is 0.125. The van der Waals surface area contributed by atoms with Gasteiger partial charge >= 0.3 is 6.03 Å². The summed E-state index contributed by atoms with van der Waals surface area (Å²) < 4.78 is 6.28. The molecule has 2 heterocycles. The molecule has 0 unspecified atom stereocenters. The maximum Gasteiger partial charge on any atom is 0.321 e. The number of amides is 2. The number of nitrogens with one attached hydrogen (secondary N) is 1. The number of carbonyl (C=O) groups is 1. The van der Waals surface area contributed by atoms with Crippen LogP contribution in [0.15, 0.2) is 50.9 Å². The van der Waals surface area contributed by atoms with Crippen LogP contribution in [0.1, 0.15) is 5.69 Å². The third kappa shape index (κ3) is 3.80. The summed E-state index contributed by atoms with van der Waals surface area (Å²) in [5, 5.41) is 5.24. The number of hydrogen-bond donors (Lipinski definition) is 1. The summed E-state index contributed by atoms with van der Waals surface area (Å²) >= 11 is 11.1. The van der Waals surface area contributed by atoms with Crippen LogP contribution in [0.4, 0.5) is 10.5 Å². The molecule has 0 radical (unpaired) electrons. The Morgan fingerprint density at radius 1 is 1.46 bits per heavy atom. The lowest BCUT2D eigenvalue weighted by Crippen LogP contribution is -2.37. The van der Waals surface area contributed by atoms with Gasteiger partial charge in [-0.05, 0) is 29.6 Å². The van der Waals surface area contributed by atoms with E-state index >= 15 is 0 Å². The molecule has 0 aliphatic rings. The second kappa shape index (κ2) is 7.38. The predicted molar refractivity (Wildman–Crippen MR) is 99.6 cm³/mol. The molecule has 0 spiro atoms. The summed E-state index contributed by atoms with van der Waals surface area (Å²) in [6.07, 6.45) is 1.54. The maximum atomic E-state index is 12.3. The Morgan fingerprint density at radius 3 is 3.00 bits per heavy atom. The van der Waals surface area contributed by atoms with E-state index in [-0.39, 0.29) is 12.6 Å². The van der Waals surface area contributed by atoms with E-state index in [0.29, 0.717) is 22.3 Å². The second-order valence-corrected chi connectivity index (χ2v) is 7.21. The Kier molecular flexibility index (Phi) is 5.23. The van der Waals surface area contributed by atoms with Gasteiger partial charge in [0, 0.05) is 11.5 Å². The highest BCUT2D eigenvalue weighted by atomic mass is 79.9. The van der Waals surface area contributed by atoms with E-state index in [0.717, 1.165) is 9.35 Å². The van der Waals surface area contributed by atoms with Crippen LogP contribution in [0.3, 0.4) is 0 Å². The number of nitrogens with zero attached hydrogens (tertiary/aromatic N) is 2. The van der Waals surface area contributed by atoms with Gasteiger partial charge in [-0.15, -0.1) is 11.3 Å². The first-order valence-electron chi connectivity index (χ1n) is 6.99. The average Bonchev–Trinajstić information content (AvgIpc) is 3.23. The van der Waals surface area contributed by atoms with Crippen LogP contribution in [-0.2, 0) is 6.54 Å². The molecule has 24 heavy (non-hydrogen) atoms. The number of aromatic nitrogens is 1. The minimum Gasteiger partial charge on any atom is -0.443 e. The van der Waals surface area contributed by atoms with Gasteiger partial charge in [-0.1, -0.05) is 33.6 Å². The topological polar surface area (TPSA) is 58.4 Å². The van der Waals surface area contributed by atoms with Crippen LogP contribution in [0.2, 0.25) is 5.02 Å². The van der Waals surface area contributed by atoms with Crippen molar-refractivity contribution in [3.05, 3.63) is 57.2 Å². The molecule has 0 aliphatic carbocycles. The molecule has 0 bridgehead atoms. The van der Waals surface area contributed by atoms with Gasteiger partial charge in [-0.3, -0.25) is 4.90 Å². The van der Waals surface area contributed by atoms with Crippen LogP contribution in [0, 0.1) is 0 Å². The van der Waals surface area contributed by atoms with E-state index in [9.17, 15) is 4.79 Å². The molecule has 2 amide bonds. The van der Waals surface area contributed by atoms with Gasteiger partial charge in [0.2, 0.25) is 5.89 Å². The fourth-order valence-corrected chi connectivity index (χ4v) is 3.50. The monoisotopic (exact) mass is 425 g/mol. The van der Waals surface area contributed by atoms with Crippen molar-refractivity contribution < 1.29 is 9.21 Å². The normalized spacial score (nSPS) is 10.6. The Balaban J connectivity index is 1.63. The fourth-order valence-electron chi connectivity index (χ4n) is 2.05. The maximum absolute atomic E-state index is 12.3. The molecule has 1 N–H and O–H groups in total. The van der Waals surface area contributed by atoms with E-state index in [4.69, 9.17) is 16.0 Å². The number of rotatable bonds is 4. The molecule has 3 aromatic rings. The molecule has 0 fully saturated rings. The van der Waals surface area contributed by atoms with E-state index in [2.05, 4.69) is 26.2 Å². The summed E-state index contributed by atoms with van der Waals surface area (Å²) in [4.78, 5) is 19.0. The highest BCUT2D eigenvalue weighted by molar-refractivity contribution is 9.10. The number of benzene rings is 1. The summed E-state index contributed by atoms with van der Waals surface area (Å²) in [7, 11) is 1.66. The number of urea groups is 1. The molecule has 0 aliphatic heterocycles. The van der Waals surface area contributed by atoms with Gasteiger partial charge in [0.1, 0.15) is 6.26 Å². The molecular weight excluding hydrogens is 414 g/mol. The van der Waals surface area contributed by atoms with Gasteiger partial charge in [0.25, 0.3) is 0 Å². The van der Waals surface area contributed by atoms with Crippen molar-refractivity contribution in [1.82, 2.24) is 10.3 Å². The van der Waals surface area contributed by atoms with Crippen molar-refractivity contribution in [1.29, 1.82) is 0 Å². The van der Waals surface area contributed by atoms with E-state index in [1.54, 1.807) is 36.8 Å². The molecule has 2 aromatic heterocycles. The highest BCUT2D eigenvalue weighted by Crippen LogP contribution is 2.28. The van der Waals surface area contributed by atoms with Crippen LogP contribution >= 0.6 is 38.9 Å². The minimum atomic E-state index is -0.278. The quantitative estimate of drug-likeness (QED) is 0.626. The first-order chi connectivity index (χ1) is 11.5. The van der Waals surface area contributed by atoms with Crippen molar-refractivity contribution in [2.45, 2.75) is 6.54 Å². The van der Waals surface area contributed by atoms with Crippen molar-refractivity contribution >= 4 is 50.6 Å². The van der Waals surface area contributed by atoms with Crippen molar-refractivity contribution in [3.8, 4) is 10.8 Å². The SMILES string of the molecule is CN(C(=O)NCc1coc(-c2cccs2)n1)c1ccc(Br)cc1Cl. The zero-order chi connectivity index (χ0) is 17.1. The zero-order valence-corrected chi connectivity index (χ0v) is 15.8. The lowest BCUT2D eigenvalue weighted by molar-refractivity contribution is 0.247. The van der Waals surface area contributed by atoms with Gasteiger partial charge in [-0.25, -0.2) is 9.78 Å². The van der Waals surface area contributed by atoms with Gasteiger partial charge in [0.05, 0.1) is 27.8 Å². The van der Waals surface area contributed by atoms with E-state index in [1.807, 2.05) is 23.6 Å². The molecule has 5 nitrogen and oxygen atoms in total. The number of anilines is 1. The Morgan fingerprint density at radius 2 is 2.29 bits per heavy atom. The molecule has 124 valence electrons. The average molecular weight is 427 g/mol. The summed E-state index contributed by atoms with van der Waals surface area (Å²) in [5.74, 6) is 0.554. The molecular formula is C16H13BrClN3O2S. The Bertz CT molecular complexity index is 851. The van der Waals surface area contributed by atoms with E-state index in [1.165, 1.54) is 4.90 Å². The van der Waals surface area contributed by atoms with Crippen LogP contribution in [0.5, 0.6) is 0 Å². The van der Waals surface area contributed by atoms with Crippen molar-refractivity contribution in [2.75, 3.05) is 11.9 Å². The molecule has 0 atom stereocenters. The summed E-state index contributed by atoms with van der Waals surface area (Å²) in [6, 6.07) is 8.93. The van der Waals surface area contributed by atoms with Gasteiger partial charge in [0.15, 0.2) is 0 Å². The zero-order valence-electron chi connectivity index (χ0n) is 12.6. The number of carbonyl (C=O) groups excluding carboxylic acids is 1. The molecule has 1 aromatic carbocycles. The molecule has 8 heteroatoms. The molecule has 0 saturated carbocycles. The van der Waals surface area contributed by atoms with Crippen molar-refractivity contribution in [2.24, 2.45) is 0 Å². The van der Waals surface area contributed by atoms with Crippen LogP contribution in [0.25, 0.3) is 10.8 Å². The number of oxazole rings is 1. The van der Waals surface area contributed by atoms with Crippen LogP contribution in [-0.4, -0.2) is 18.1 Å². The number of hydrogen-bond acceptors (Lipinski definition) is 4. The minimum absolute atomic E-state index is 0.270. The summed E-state index contributed by atoms with van der Waals surface area (Å²) in [6.45, 7) is 0.270. The van der Waals surface area contributed by atoms with Gasteiger partial charge < -0.3 is 9.73 Å². The molecule has 3 rings (SSSR count). The highest BCUT2D eigenvalue weighted by Gasteiger charge is 2.15. The smallest absolute Gasteiger partial charge is 0.321 e. The number of thiophene rings is 1. The first-order valence-corrected chi connectivity index (χ1v) is 9.04. The molecule has 0 saturated heterocycles. The van der Waals surface area contributed by atoms with Crippen molar-refractivity contribution in [3.63, 3.8) is 0 Å². The third-order valence-corrected chi connectivity index (χ3v) is 4.93.